The minimum absolute atomic E-state index is 0.304. The molecule has 1 aromatic heterocycles. The predicted octanol–water partition coefficient (Wildman–Crippen LogP) is 3.48. The van der Waals surface area contributed by atoms with Crippen molar-refractivity contribution >= 4 is 23.3 Å². The summed E-state index contributed by atoms with van der Waals surface area (Å²) < 4.78 is 5.32. The van der Waals surface area contributed by atoms with Gasteiger partial charge in [0.05, 0.1) is 0 Å². The van der Waals surface area contributed by atoms with Crippen LogP contribution >= 0.6 is 23.3 Å². The quantitative estimate of drug-likeness (QED) is 0.904. The Morgan fingerprint density at radius 1 is 1.33 bits per heavy atom. The van der Waals surface area contributed by atoms with Crippen LogP contribution in [0.4, 0.5) is 0 Å². The van der Waals surface area contributed by atoms with Crippen LogP contribution in [0.15, 0.2) is 4.34 Å². The number of aryl methyl sites for hydroxylation is 1. The third kappa shape index (κ3) is 3.45. The highest BCUT2D eigenvalue weighted by Gasteiger charge is 2.35. The number of hydrogen-bond donors (Lipinski definition) is 1. The van der Waals surface area contributed by atoms with Crippen LogP contribution in [0.3, 0.4) is 0 Å². The van der Waals surface area contributed by atoms with Gasteiger partial charge in [-0.3, -0.25) is 0 Å². The zero-order chi connectivity index (χ0) is 13.3. The van der Waals surface area contributed by atoms with E-state index in [-0.39, 0.29) is 0 Å². The lowest BCUT2D eigenvalue weighted by molar-refractivity contribution is 0.174. The number of rotatable bonds is 2. The molecule has 1 heterocycles. The Balaban J connectivity index is 2.02. The first-order valence-corrected chi connectivity index (χ1v) is 8.24. The molecule has 1 fully saturated rings. The molecule has 3 nitrogen and oxygen atoms in total. The average Bonchev–Trinajstić information content (AvgIpc) is 2.66. The van der Waals surface area contributed by atoms with Crippen LogP contribution in [-0.2, 0) is 0 Å². The molecule has 5 heteroatoms. The molecular formula is C13H23N3S2. The second kappa shape index (κ2) is 5.47. The van der Waals surface area contributed by atoms with E-state index in [0.717, 1.165) is 22.5 Å². The maximum atomic E-state index is 6.27. The molecule has 1 aromatic rings. The normalized spacial score (nSPS) is 29.5. The zero-order valence-electron chi connectivity index (χ0n) is 11.6. The van der Waals surface area contributed by atoms with E-state index < -0.39 is 0 Å². The molecule has 0 spiro atoms. The number of thioether (sulfide) groups is 1. The van der Waals surface area contributed by atoms with Crippen molar-refractivity contribution < 1.29 is 0 Å². The van der Waals surface area contributed by atoms with Crippen molar-refractivity contribution in [1.29, 1.82) is 0 Å². The fourth-order valence-electron chi connectivity index (χ4n) is 2.53. The molecule has 0 saturated heterocycles. The molecule has 1 aliphatic rings. The van der Waals surface area contributed by atoms with Crippen LogP contribution in [0.25, 0.3) is 0 Å². The standard InChI is InChI=1S/C13H23N3S2/c1-8-15-12(18-16-8)17-11-7-9(13(2,3)4)5-6-10(11)14/h9-11H,5-7,14H2,1-4H3. The minimum Gasteiger partial charge on any atom is -0.327 e. The molecule has 0 amide bonds. The Kier molecular flexibility index (Phi) is 4.34. The maximum Gasteiger partial charge on any atom is 0.170 e. The van der Waals surface area contributed by atoms with Gasteiger partial charge < -0.3 is 5.73 Å². The van der Waals surface area contributed by atoms with Crippen molar-refractivity contribution in [2.75, 3.05) is 0 Å². The highest BCUT2D eigenvalue weighted by Crippen LogP contribution is 2.43. The van der Waals surface area contributed by atoms with Crippen LogP contribution in [0.2, 0.25) is 0 Å². The van der Waals surface area contributed by atoms with E-state index in [1.807, 2.05) is 18.7 Å². The lowest BCUT2D eigenvalue weighted by Crippen LogP contribution is -2.41. The Morgan fingerprint density at radius 3 is 2.61 bits per heavy atom. The van der Waals surface area contributed by atoms with E-state index in [0.29, 0.717) is 16.7 Å². The molecule has 2 rings (SSSR count). The van der Waals surface area contributed by atoms with Gasteiger partial charge >= 0.3 is 0 Å². The monoisotopic (exact) mass is 285 g/mol. The number of nitrogens with zero attached hydrogens (tertiary/aromatic N) is 2. The van der Waals surface area contributed by atoms with Crippen LogP contribution < -0.4 is 5.73 Å². The summed E-state index contributed by atoms with van der Waals surface area (Å²) in [6, 6.07) is 0.304. The topological polar surface area (TPSA) is 51.8 Å². The van der Waals surface area contributed by atoms with Crippen molar-refractivity contribution in [3.8, 4) is 0 Å². The van der Waals surface area contributed by atoms with E-state index in [2.05, 4.69) is 30.1 Å². The predicted molar refractivity (Wildman–Crippen MR) is 79.1 cm³/mol. The molecule has 3 unspecified atom stereocenters. The number of nitrogens with two attached hydrogens (primary N) is 1. The second-order valence-electron chi connectivity index (χ2n) is 6.30. The van der Waals surface area contributed by atoms with E-state index in [1.54, 1.807) is 0 Å². The smallest absolute Gasteiger partial charge is 0.170 e. The number of hydrogen-bond acceptors (Lipinski definition) is 5. The molecular weight excluding hydrogens is 262 g/mol. The van der Waals surface area contributed by atoms with Gasteiger partial charge in [-0.1, -0.05) is 32.5 Å². The summed E-state index contributed by atoms with van der Waals surface area (Å²) in [5.41, 5.74) is 6.66. The van der Waals surface area contributed by atoms with Gasteiger partial charge in [0, 0.05) is 11.3 Å². The largest absolute Gasteiger partial charge is 0.327 e. The van der Waals surface area contributed by atoms with Crippen molar-refractivity contribution in [3.05, 3.63) is 5.82 Å². The van der Waals surface area contributed by atoms with Crippen LogP contribution in [0.1, 0.15) is 45.9 Å². The summed E-state index contributed by atoms with van der Waals surface area (Å²) in [7, 11) is 0. The fraction of sp³-hybridized carbons (Fsp3) is 0.846. The van der Waals surface area contributed by atoms with Gasteiger partial charge in [-0.15, -0.1) is 0 Å². The first-order valence-electron chi connectivity index (χ1n) is 6.59. The van der Waals surface area contributed by atoms with Gasteiger partial charge in [0.15, 0.2) is 4.34 Å². The summed E-state index contributed by atoms with van der Waals surface area (Å²) in [4.78, 5) is 4.44. The van der Waals surface area contributed by atoms with Gasteiger partial charge in [-0.25, -0.2) is 4.98 Å². The van der Waals surface area contributed by atoms with Gasteiger partial charge in [0.25, 0.3) is 0 Å². The van der Waals surface area contributed by atoms with Gasteiger partial charge in [0.2, 0.25) is 0 Å². The van der Waals surface area contributed by atoms with Gasteiger partial charge in [-0.05, 0) is 49.1 Å². The van der Waals surface area contributed by atoms with Crippen molar-refractivity contribution in [3.63, 3.8) is 0 Å². The third-order valence-electron chi connectivity index (χ3n) is 3.83. The number of aromatic nitrogens is 2. The molecule has 0 aromatic carbocycles. The summed E-state index contributed by atoms with van der Waals surface area (Å²) in [5, 5.41) is 0.496. The SMILES string of the molecule is Cc1nsc(SC2CC(C(C)(C)C)CCC2N)n1. The summed E-state index contributed by atoms with van der Waals surface area (Å²) in [6.45, 7) is 8.96. The fourth-order valence-corrected chi connectivity index (χ4v) is 4.69. The Hall–Kier alpha value is -0.130. The van der Waals surface area contributed by atoms with Crippen molar-refractivity contribution in [2.45, 2.75) is 62.6 Å². The summed E-state index contributed by atoms with van der Waals surface area (Å²) in [5.74, 6) is 1.64. The molecule has 1 aliphatic carbocycles. The van der Waals surface area contributed by atoms with Gasteiger partial charge in [0.1, 0.15) is 5.82 Å². The van der Waals surface area contributed by atoms with E-state index in [4.69, 9.17) is 5.73 Å². The zero-order valence-corrected chi connectivity index (χ0v) is 13.3. The molecule has 0 aliphatic heterocycles. The Morgan fingerprint density at radius 2 is 2.06 bits per heavy atom. The molecule has 3 atom stereocenters. The van der Waals surface area contributed by atoms with Gasteiger partial charge in [-0.2, -0.15) is 4.37 Å². The molecule has 0 bridgehead atoms. The molecule has 2 N–H and O–H groups in total. The van der Waals surface area contributed by atoms with Crippen LogP contribution in [-0.4, -0.2) is 20.6 Å². The first kappa shape index (κ1) is 14.3. The maximum absolute atomic E-state index is 6.27. The van der Waals surface area contributed by atoms with E-state index in [1.165, 1.54) is 24.4 Å². The summed E-state index contributed by atoms with van der Waals surface area (Å²) in [6.07, 6.45) is 3.60. The molecule has 0 radical (unpaired) electrons. The van der Waals surface area contributed by atoms with Crippen molar-refractivity contribution in [1.82, 2.24) is 9.36 Å². The average molecular weight is 285 g/mol. The third-order valence-corrected chi connectivity index (χ3v) is 6.08. The van der Waals surface area contributed by atoms with Crippen LogP contribution in [0, 0.1) is 18.3 Å². The van der Waals surface area contributed by atoms with E-state index >= 15 is 0 Å². The van der Waals surface area contributed by atoms with Crippen molar-refractivity contribution in [2.24, 2.45) is 17.1 Å². The highest BCUT2D eigenvalue weighted by atomic mass is 32.2. The van der Waals surface area contributed by atoms with Crippen LogP contribution in [0.5, 0.6) is 0 Å². The Labute approximate surface area is 118 Å². The van der Waals surface area contributed by atoms with E-state index in [9.17, 15) is 0 Å². The molecule has 1 saturated carbocycles. The lowest BCUT2D eigenvalue weighted by atomic mass is 9.71. The lowest BCUT2D eigenvalue weighted by Gasteiger charge is -2.40. The Bertz CT molecular complexity index is 397. The molecule has 102 valence electrons. The highest BCUT2D eigenvalue weighted by molar-refractivity contribution is 8.01. The second-order valence-corrected chi connectivity index (χ2v) is 8.54. The summed E-state index contributed by atoms with van der Waals surface area (Å²) >= 11 is 3.33. The first-order chi connectivity index (χ1) is 8.36. The minimum atomic E-state index is 0.304. The molecule has 18 heavy (non-hydrogen) atoms.